The van der Waals surface area contributed by atoms with Crippen molar-refractivity contribution in [3.05, 3.63) is 42.5 Å². The SMILES string of the molecule is CCN(C[C@H]1O[C@@H](n2cnc3c(N)ncnc32)[C@H](O)[C@@H]1O)C(=O)CCNC(=O)Nc1ccc(C(C)(C)C)cc1. The number of nitrogen functional groups attached to an aromatic ring is 1. The number of hydrogen-bond donors (Lipinski definition) is 5. The summed E-state index contributed by atoms with van der Waals surface area (Å²) >= 11 is 0. The van der Waals surface area contributed by atoms with Crippen LogP contribution in [0.15, 0.2) is 36.9 Å². The van der Waals surface area contributed by atoms with Gasteiger partial charge in [0.15, 0.2) is 17.7 Å². The number of aliphatic hydroxyl groups excluding tert-OH is 2. The van der Waals surface area contributed by atoms with Gasteiger partial charge in [-0.1, -0.05) is 32.9 Å². The van der Waals surface area contributed by atoms with E-state index in [-0.39, 0.29) is 36.7 Å². The molecule has 1 aliphatic rings. The van der Waals surface area contributed by atoms with Crippen molar-refractivity contribution in [2.24, 2.45) is 0 Å². The van der Waals surface area contributed by atoms with Crippen LogP contribution >= 0.6 is 0 Å². The Morgan fingerprint density at radius 1 is 1.13 bits per heavy atom. The van der Waals surface area contributed by atoms with Gasteiger partial charge in [-0.3, -0.25) is 9.36 Å². The highest BCUT2D eigenvalue weighted by Gasteiger charge is 2.45. The molecule has 1 fully saturated rings. The van der Waals surface area contributed by atoms with Gasteiger partial charge in [-0.15, -0.1) is 0 Å². The molecule has 3 heterocycles. The first-order valence-electron chi connectivity index (χ1n) is 12.9. The highest BCUT2D eigenvalue weighted by Crippen LogP contribution is 2.32. The van der Waals surface area contributed by atoms with Gasteiger partial charge in [0, 0.05) is 31.7 Å². The lowest BCUT2D eigenvalue weighted by Crippen LogP contribution is -2.43. The highest BCUT2D eigenvalue weighted by atomic mass is 16.6. The Hall–Kier alpha value is -3.81. The molecule has 0 saturated carbocycles. The van der Waals surface area contributed by atoms with Gasteiger partial charge in [0.05, 0.1) is 6.33 Å². The minimum Gasteiger partial charge on any atom is -0.387 e. The summed E-state index contributed by atoms with van der Waals surface area (Å²) in [6.07, 6.45) is -1.60. The lowest BCUT2D eigenvalue weighted by Gasteiger charge is -2.25. The lowest BCUT2D eigenvalue weighted by molar-refractivity contribution is -0.134. The maximum Gasteiger partial charge on any atom is 0.319 e. The second-order valence-electron chi connectivity index (χ2n) is 10.5. The van der Waals surface area contributed by atoms with E-state index in [2.05, 4.69) is 46.4 Å². The number of hydrogen-bond acceptors (Lipinski definition) is 9. The first kappa shape index (κ1) is 28.2. The number of aliphatic hydroxyl groups is 2. The third-order valence-corrected chi connectivity index (χ3v) is 6.77. The first-order chi connectivity index (χ1) is 18.5. The molecular weight excluding hydrogens is 504 g/mol. The number of ether oxygens (including phenoxy) is 1. The molecule has 2 aromatic heterocycles. The first-order valence-corrected chi connectivity index (χ1v) is 12.9. The number of imidazole rings is 1. The fraction of sp³-hybridized carbons (Fsp3) is 0.500. The molecule has 0 bridgehead atoms. The lowest BCUT2D eigenvalue weighted by atomic mass is 9.87. The molecule has 13 heteroatoms. The summed E-state index contributed by atoms with van der Waals surface area (Å²) in [5.74, 6) is -0.0403. The predicted octanol–water partition coefficient (Wildman–Crippen LogP) is 1.39. The number of anilines is 2. The molecule has 0 spiro atoms. The van der Waals surface area contributed by atoms with Gasteiger partial charge in [-0.2, -0.15) is 0 Å². The highest BCUT2D eigenvalue weighted by molar-refractivity contribution is 5.89. The molecular formula is C26H36N8O5. The van der Waals surface area contributed by atoms with Crippen LogP contribution in [0.25, 0.3) is 11.2 Å². The van der Waals surface area contributed by atoms with Crippen molar-refractivity contribution in [3.8, 4) is 0 Å². The van der Waals surface area contributed by atoms with Gasteiger partial charge in [0.2, 0.25) is 5.91 Å². The van der Waals surface area contributed by atoms with Crippen LogP contribution in [0.3, 0.4) is 0 Å². The van der Waals surface area contributed by atoms with E-state index in [0.717, 1.165) is 5.56 Å². The van der Waals surface area contributed by atoms with Crippen LogP contribution in [0.5, 0.6) is 0 Å². The van der Waals surface area contributed by atoms with Crippen LogP contribution < -0.4 is 16.4 Å². The molecule has 39 heavy (non-hydrogen) atoms. The van der Waals surface area contributed by atoms with E-state index >= 15 is 0 Å². The minimum absolute atomic E-state index is 0.0161. The predicted molar refractivity (Wildman–Crippen MR) is 145 cm³/mol. The largest absolute Gasteiger partial charge is 0.387 e. The van der Waals surface area contributed by atoms with Crippen molar-refractivity contribution in [3.63, 3.8) is 0 Å². The van der Waals surface area contributed by atoms with Crippen molar-refractivity contribution in [1.82, 2.24) is 29.7 Å². The molecule has 6 N–H and O–H groups in total. The molecule has 3 aromatic rings. The zero-order chi connectivity index (χ0) is 28.3. The summed E-state index contributed by atoms with van der Waals surface area (Å²) < 4.78 is 7.43. The third kappa shape index (κ3) is 6.27. The van der Waals surface area contributed by atoms with E-state index in [0.29, 0.717) is 23.4 Å². The Kier molecular flexibility index (Phi) is 8.33. The van der Waals surface area contributed by atoms with Crippen LogP contribution in [0.2, 0.25) is 0 Å². The molecule has 1 saturated heterocycles. The molecule has 3 amide bonds. The fourth-order valence-electron chi connectivity index (χ4n) is 4.46. The number of nitrogens with two attached hydrogens (primary N) is 1. The minimum atomic E-state index is -1.28. The van der Waals surface area contributed by atoms with Crippen LogP contribution in [-0.4, -0.2) is 84.5 Å². The number of benzene rings is 1. The Morgan fingerprint density at radius 2 is 1.85 bits per heavy atom. The molecule has 13 nitrogen and oxygen atoms in total. The van der Waals surface area contributed by atoms with Crippen molar-refractivity contribution in [2.45, 2.75) is 64.1 Å². The van der Waals surface area contributed by atoms with Crippen LogP contribution in [-0.2, 0) is 14.9 Å². The zero-order valence-corrected chi connectivity index (χ0v) is 22.5. The topological polar surface area (TPSA) is 181 Å². The van der Waals surface area contributed by atoms with Gasteiger partial charge < -0.3 is 36.2 Å². The average molecular weight is 541 g/mol. The quantitative estimate of drug-likeness (QED) is 0.282. The summed E-state index contributed by atoms with van der Waals surface area (Å²) in [6, 6.07) is 7.21. The molecule has 1 aliphatic heterocycles. The van der Waals surface area contributed by atoms with Crippen molar-refractivity contribution >= 4 is 34.6 Å². The average Bonchev–Trinajstić information content (AvgIpc) is 3.44. The summed E-state index contributed by atoms with van der Waals surface area (Å²) in [5.41, 5.74) is 8.38. The molecule has 4 atom stereocenters. The van der Waals surface area contributed by atoms with E-state index in [1.165, 1.54) is 22.1 Å². The Bertz CT molecular complexity index is 1310. The van der Waals surface area contributed by atoms with Gasteiger partial charge in [0.25, 0.3) is 0 Å². The van der Waals surface area contributed by atoms with Crippen molar-refractivity contribution < 1.29 is 24.5 Å². The fourth-order valence-corrected chi connectivity index (χ4v) is 4.46. The summed E-state index contributed by atoms with van der Waals surface area (Å²) in [6.45, 7) is 8.70. The summed E-state index contributed by atoms with van der Waals surface area (Å²) in [4.78, 5) is 38.9. The van der Waals surface area contributed by atoms with Gasteiger partial charge in [0.1, 0.15) is 30.2 Å². The standard InChI is InChI=1S/C26H36N8O5/c1-5-33(18(35)10-11-28-25(38)32-16-8-6-15(7-9-16)26(2,3)4)12-17-20(36)21(37)24(39-17)34-14-31-19-22(27)29-13-30-23(19)34/h6-9,13-14,17,20-21,24,36-37H,5,10-12H2,1-4H3,(H2,27,29,30)(H2,28,32,38)/t17-,20-,21-,24-/m1/s1. The van der Waals surface area contributed by atoms with Crippen molar-refractivity contribution in [1.29, 1.82) is 0 Å². The maximum absolute atomic E-state index is 12.9. The second kappa shape index (κ2) is 11.5. The summed E-state index contributed by atoms with van der Waals surface area (Å²) in [7, 11) is 0. The number of aromatic nitrogens is 4. The van der Waals surface area contributed by atoms with E-state index in [1.807, 2.05) is 24.3 Å². The normalized spacial score (nSPS) is 21.2. The van der Waals surface area contributed by atoms with Crippen LogP contribution in [0, 0.1) is 0 Å². The van der Waals surface area contributed by atoms with Crippen LogP contribution in [0.1, 0.15) is 45.9 Å². The van der Waals surface area contributed by atoms with E-state index in [4.69, 9.17) is 10.5 Å². The number of carbonyl (C=O) groups is 2. The van der Waals surface area contributed by atoms with Gasteiger partial charge in [-0.25, -0.2) is 19.7 Å². The zero-order valence-electron chi connectivity index (χ0n) is 22.5. The smallest absolute Gasteiger partial charge is 0.319 e. The molecule has 0 aliphatic carbocycles. The van der Waals surface area contributed by atoms with E-state index < -0.39 is 30.6 Å². The number of fused-ring (bicyclic) bond motifs is 1. The Labute approximate surface area is 226 Å². The second-order valence-corrected chi connectivity index (χ2v) is 10.5. The number of nitrogens with zero attached hydrogens (tertiary/aromatic N) is 5. The van der Waals surface area contributed by atoms with Gasteiger partial charge >= 0.3 is 6.03 Å². The number of nitrogens with one attached hydrogen (secondary N) is 2. The number of likely N-dealkylation sites (N-methyl/N-ethyl adjacent to an activating group) is 1. The van der Waals surface area contributed by atoms with Gasteiger partial charge in [-0.05, 0) is 30.0 Å². The number of amides is 3. The maximum atomic E-state index is 12.9. The number of rotatable bonds is 8. The Morgan fingerprint density at radius 3 is 2.51 bits per heavy atom. The summed E-state index contributed by atoms with van der Waals surface area (Å²) in [5, 5.41) is 26.8. The monoisotopic (exact) mass is 540 g/mol. The molecule has 1 aromatic carbocycles. The number of urea groups is 1. The van der Waals surface area contributed by atoms with Crippen molar-refractivity contribution in [2.75, 3.05) is 30.7 Å². The molecule has 4 rings (SSSR count). The van der Waals surface area contributed by atoms with Crippen LogP contribution in [0.4, 0.5) is 16.3 Å². The number of carbonyl (C=O) groups excluding carboxylic acids is 2. The third-order valence-electron chi connectivity index (χ3n) is 6.77. The molecule has 0 radical (unpaired) electrons. The Balaban J connectivity index is 1.29. The molecule has 0 unspecified atom stereocenters. The molecule has 210 valence electrons. The van der Waals surface area contributed by atoms with E-state index in [1.54, 1.807) is 6.92 Å². The van der Waals surface area contributed by atoms with E-state index in [9.17, 15) is 19.8 Å².